The number of hydrogen-bond acceptors (Lipinski definition) is 4. The van der Waals surface area contributed by atoms with E-state index in [1.54, 1.807) is 20.8 Å². The highest BCUT2D eigenvalue weighted by Gasteiger charge is 2.26. The van der Waals surface area contributed by atoms with Crippen molar-refractivity contribution < 1.29 is 23.0 Å². The van der Waals surface area contributed by atoms with Gasteiger partial charge in [-0.25, -0.2) is 9.18 Å². The van der Waals surface area contributed by atoms with Gasteiger partial charge >= 0.3 is 5.97 Å². The fourth-order valence-electron chi connectivity index (χ4n) is 1.29. The van der Waals surface area contributed by atoms with E-state index in [1.807, 2.05) is 0 Å². The summed E-state index contributed by atoms with van der Waals surface area (Å²) in [5.74, 6) is -3.32. The minimum absolute atomic E-state index is 0.204. The number of ether oxygens (including phenoxy) is 2. The molecule has 106 valence electrons. The molecule has 4 nitrogen and oxygen atoms in total. The Labute approximate surface area is 110 Å². The first-order valence-corrected chi connectivity index (χ1v) is 5.78. The second kappa shape index (κ2) is 5.97. The lowest BCUT2D eigenvalue weighted by atomic mass is 10.2. The maximum absolute atomic E-state index is 13.4. The summed E-state index contributed by atoms with van der Waals surface area (Å²) in [5, 5.41) is 0. The van der Waals surface area contributed by atoms with Crippen LogP contribution in [0.4, 0.5) is 8.78 Å². The van der Waals surface area contributed by atoms with E-state index < -0.39 is 29.3 Å². The van der Waals surface area contributed by atoms with Gasteiger partial charge in [-0.1, -0.05) is 6.07 Å². The van der Waals surface area contributed by atoms with Gasteiger partial charge in [-0.15, -0.1) is 0 Å². The smallest absolute Gasteiger partial charge is 0.349 e. The van der Waals surface area contributed by atoms with Gasteiger partial charge in [0.1, 0.15) is 5.60 Å². The first-order valence-electron chi connectivity index (χ1n) is 5.78. The normalized spacial score (nSPS) is 12.9. The van der Waals surface area contributed by atoms with Crippen LogP contribution in [-0.4, -0.2) is 24.2 Å². The Hall–Kier alpha value is -1.69. The van der Waals surface area contributed by atoms with Crippen LogP contribution in [0.3, 0.4) is 0 Å². The lowest BCUT2D eigenvalue weighted by Gasteiger charge is -2.23. The van der Waals surface area contributed by atoms with E-state index in [0.29, 0.717) is 0 Å². The number of carbonyl (C=O) groups is 1. The van der Waals surface area contributed by atoms with E-state index in [1.165, 1.54) is 12.1 Å². The van der Waals surface area contributed by atoms with Crippen LogP contribution in [-0.2, 0) is 9.53 Å². The highest BCUT2D eigenvalue weighted by atomic mass is 19.2. The first kappa shape index (κ1) is 15.4. The van der Waals surface area contributed by atoms with E-state index in [2.05, 4.69) is 0 Å². The summed E-state index contributed by atoms with van der Waals surface area (Å²) >= 11 is 0. The lowest BCUT2D eigenvalue weighted by molar-refractivity contribution is -0.162. The summed E-state index contributed by atoms with van der Waals surface area (Å²) in [6.07, 6.45) is -1.18. The molecule has 19 heavy (non-hydrogen) atoms. The highest BCUT2D eigenvalue weighted by Crippen LogP contribution is 2.21. The summed E-state index contributed by atoms with van der Waals surface area (Å²) in [4.78, 5) is 11.7. The molecule has 0 aliphatic rings. The van der Waals surface area contributed by atoms with Crippen LogP contribution in [0.2, 0.25) is 0 Å². The summed E-state index contributed by atoms with van der Waals surface area (Å²) in [7, 11) is 0. The largest absolute Gasteiger partial charge is 0.474 e. The van der Waals surface area contributed by atoms with Crippen molar-refractivity contribution in [1.29, 1.82) is 0 Å². The van der Waals surface area contributed by atoms with Crippen LogP contribution in [0.15, 0.2) is 18.2 Å². The number of halogens is 2. The molecule has 0 heterocycles. The maximum atomic E-state index is 13.4. The molecule has 6 heteroatoms. The quantitative estimate of drug-likeness (QED) is 0.852. The Morgan fingerprint density at radius 2 is 2.00 bits per heavy atom. The molecule has 0 saturated heterocycles. The Bertz CT molecular complexity index is 458. The van der Waals surface area contributed by atoms with Crippen LogP contribution in [0, 0.1) is 11.6 Å². The number of rotatable bonds is 4. The fraction of sp³-hybridized carbons (Fsp3) is 0.462. The van der Waals surface area contributed by atoms with Crippen molar-refractivity contribution in [3.63, 3.8) is 0 Å². The number of nitrogens with two attached hydrogens (primary N) is 1. The Morgan fingerprint density at radius 1 is 1.37 bits per heavy atom. The van der Waals surface area contributed by atoms with E-state index >= 15 is 0 Å². The second-order valence-electron chi connectivity index (χ2n) is 4.93. The topological polar surface area (TPSA) is 61.5 Å². The molecule has 0 radical (unpaired) electrons. The standard InChI is InChI=1S/C13H17F2NO3/c1-13(2,3)19-12(17)10(7-16)18-9-6-4-5-8(14)11(9)15/h4-6,10H,7,16H2,1-3H3. The molecule has 0 amide bonds. The Kier molecular flexibility index (Phi) is 4.83. The average molecular weight is 273 g/mol. The van der Waals surface area contributed by atoms with Crippen molar-refractivity contribution >= 4 is 5.97 Å². The molecule has 1 aromatic carbocycles. The van der Waals surface area contributed by atoms with Crippen molar-refractivity contribution in [3.8, 4) is 5.75 Å². The van der Waals surface area contributed by atoms with Gasteiger partial charge in [0.2, 0.25) is 11.9 Å². The summed E-state index contributed by atoms with van der Waals surface area (Å²) < 4.78 is 36.6. The summed E-state index contributed by atoms with van der Waals surface area (Å²) in [6, 6.07) is 3.44. The molecule has 0 aromatic heterocycles. The van der Waals surface area contributed by atoms with Crippen molar-refractivity contribution in [2.45, 2.75) is 32.5 Å². The number of esters is 1. The molecule has 0 aliphatic heterocycles. The average Bonchev–Trinajstić information content (AvgIpc) is 2.28. The molecule has 1 rings (SSSR count). The van der Waals surface area contributed by atoms with E-state index in [0.717, 1.165) is 6.07 Å². The monoisotopic (exact) mass is 273 g/mol. The molecule has 2 N–H and O–H groups in total. The van der Waals surface area contributed by atoms with Crippen molar-refractivity contribution in [2.24, 2.45) is 5.73 Å². The highest BCUT2D eigenvalue weighted by molar-refractivity contribution is 5.75. The Balaban J connectivity index is 2.82. The van der Waals surface area contributed by atoms with Gasteiger partial charge in [0.25, 0.3) is 0 Å². The zero-order valence-corrected chi connectivity index (χ0v) is 11.1. The zero-order chi connectivity index (χ0) is 14.6. The van der Waals surface area contributed by atoms with Gasteiger partial charge in [0.15, 0.2) is 11.6 Å². The van der Waals surface area contributed by atoms with E-state index in [4.69, 9.17) is 15.2 Å². The molecule has 0 bridgehead atoms. The zero-order valence-electron chi connectivity index (χ0n) is 11.1. The molecule has 1 atom stereocenters. The number of benzene rings is 1. The van der Waals surface area contributed by atoms with E-state index in [9.17, 15) is 13.6 Å². The van der Waals surface area contributed by atoms with Gasteiger partial charge in [-0.2, -0.15) is 4.39 Å². The third kappa shape index (κ3) is 4.48. The third-order valence-corrected chi connectivity index (χ3v) is 2.07. The van der Waals surface area contributed by atoms with Gasteiger partial charge in [0.05, 0.1) is 0 Å². The maximum Gasteiger partial charge on any atom is 0.349 e. The van der Waals surface area contributed by atoms with Gasteiger partial charge in [-0.05, 0) is 32.9 Å². The van der Waals surface area contributed by atoms with Crippen LogP contribution in [0.25, 0.3) is 0 Å². The SMILES string of the molecule is CC(C)(C)OC(=O)C(CN)Oc1cccc(F)c1F. The van der Waals surface area contributed by atoms with Crippen molar-refractivity contribution in [2.75, 3.05) is 6.54 Å². The Morgan fingerprint density at radius 3 is 2.53 bits per heavy atom. The van der Waals surface area contributed by atoms with Crippen LogP contribution >= 0.6 is 0 Å². The molecule has 0 fully saturated rings. The minimum Gasteiger partial charge on any atom is -0.474 e. The van der Waals surface area contributed by atoms with Gasteiger partial charge in [0, 0.05) is 6.54 Å². The predicted octanol–water partition coefficient (Wildman–Crippen LogP) is 2.01. The molecule has 0 aliphatic carbocycles. The molecule has 1 aromatic rings. The summed E-state index contributed by atoms with van der Waals surface area (Å²) in [6.45, 7) is 4.84. The number of hydrogen-bond donors (Lipinski definition) is 1. The van der Waals surface area contributed by atoms with Crippen molar-refractivity contribution in [1.82, 2.24) is 0 Å². The molecular weight excluding hydrogens is 256 g/mol. The summed E-state index contributed by atoms with van der Waals surface area (Å²) in [5.41, 5.74) is 4.67. The van der Waals surface area contributed by atoms with Gasteiger partial charge < -0.3 is 15.2 Å². The lowest BCUT2D eigenvalue weighted by Crippen LogP contribution is -2.40. The van der Waals surface area contributed by atoms with Crippen molar-refractivity contribution in [3.05, 3.63) is 29.8 Å². The predicted molar refractivity (Wildman–Crippen MR) is 65.7 cm³/mol. The molecule has 0 saturated carbocycles. The van der Waals surface area contributed by atoms with Crippen LogP contribution in [0.5, 0.6) is 5.75 Å². The molecule has 0 spiro atoms. The fourth-order valence-corrected chi connectivity index (χ4v) is 1.29. The minimum atomic E-state index is -1.18. The third-order valence-electron chi connectivity index (χ3n) is 2.07. The second-order valence-corrected chi connectivity index (χ2v) is 4.93. The molecular formula is C13H17F2NO3. The van der Waals surface area contributed by atoms with Crippen LogP contribution in [0.1, 0.15) is 20.8 Å². The molecule has 1 unspecified atom stereocenters. The number of carbonyl (C=O) groups excluding carboxylic acids is 1. The van der Waals surface area contributed by atoms with Crippen LogP contribution < -0.4 is 10.5 Å². The van der Waals surface area contributed by atoms with E-state index in [-0.39, 0.29) is 12.3 Å². The van der Waals surface area contributed by atoms with Gasteiger partial charge in [-0.3, -0.25) is 0 Å². The first-order chi connectivity index (χ1) is 8.74.